The fourth-order valence-corrected chi connectivity index (χ4v) is 1.39. The smallest absolute Gasteiger partial charge is 0.411 e. The van der Waals surface area contributed by atoms with Gasteiger partial charge in [0.05, 0.1) is 6.04 Å². The summed E-state index contributed by atoms with van der Waals surface area (Å²) in [5, 5.41) is 0. The van der Waals surface area contributed by atoms with Crippen LogP contribution >= 0.6 is 0 Å². The standard InChI is InChI=1S/C14H23NO3/c1-7-8-15(12(10-16)9-11(2)3)13(17)18-14(4,5)6/h7,10,12H,1-2,8-9H2,3-6H3/t12-/m0/s1. The molecule has 0 aliphatic carbocycles. The number of hydrogen-bond donors (Lipinski definition) is 0. The quantitative estimate of drug-likeness (QED) is 0.540. The molecule has 0 unspecified atom stereocenters. The molecule has 0 aliphatic heterocycles. The van der Waals surface area contributed by atoms with Crippen LogP contribution in [0, 0.1) is 0 Å². The first-order chi connectivity index (χ1) is 8.21. The van der Waals surface area contributed by atoms with E-state index < -0.39 is 17.7 Å². The maximum Gasteiger partial charge on any atom is 0.411 e. The van der Waals surface area contributed by atoms with Crippen molar-refractivity contribution in [1.29, 1.82) is 0 Å². The van der Waals surface area contributed by atoms with Crippen LogP contribution in [-0.2, 0) is 9.53 Å². The third-order valence-corrected chi connectivity index (χ3v) is 2.07. The Balaban J connectivity index is 4.91. The number of carbonyl (C=O) groups is 2. The fourth-order valence-electron chi connectivity index (χ4n) is 1.39. The molecule has 1 atom stereocenters. The van der Waals surface area contributed by atoms with Gasteiger partial charge in [0.1, 0.15) is 11.9 Å². The average Bonchev–Trinajstić information content (AvgIpc) is 2.20. The molecule has 18 heavy (non-hydrogen) atoms. The molecule has 0 radical (unpaired) electrons. The Labute approximate surface area is 109 Å². The first-order valence-corrected chi connectivity index (χ1v) is 5.91. The summed E-state index contributed by atoms with van der Waals surface area (Å²) >= 11 is 0. The molecule has 0 N–H and O–H groups in total. The summed E-state index contributed by atoms with van der Waals surface area (Å²) in [6, 6.07) is -0.560. The minimum atomic E-state index is -0.590. The van der Waals surface area contributed by atoms with Gasteiger partial charge in [-0.1, -0.05) is 11.6 Å². The van der Waals surface area contributed by atoms with Crippen LogP contribution in [0.4, 0.5) is 4.79 Å². The van der Waals surface area contributed by atoms with E-state index in [-0.39, 0.29) is 6.54 Å². The summed E-state index contributed by atoms with van der Waals surface area (Å²) in [4.78, 5) is 24.5. The summed E-state index contributed by atoms with van der Waals surface area (Å²) in [6.07, 6.45) is 2.22. The van der Waals surface area contributed by atoms with Gasteiger partial charge in [0.2, 0.25) is 0 Å². The number of rotatable bonds is 6. The van der Waals surface area contributed by atoms with Crippen molar-refractivity contribution in [1.82, 2.24) is 4.90 Å². The zero-order chi connectivity index (χ0) is 14.3. The predicted molar refractivity (Wildman–Crippen MR) is 72.4 cm³/mol. The van der Waals surface area contributed by atoms with Crippen molar-refractivity contribution in [2.75, 3.05) is 6.54 Å². The molecule has 4 nitrogen and oxygen atoms in total. The van der Waals surface area contributed by atoms with Crippen LogP contribution in [0.25, 0.3) is 0 Å². The average molecular weight is 253 g/mol. The Hall–Kier alpha value is -1.58. The van der Waals surface area contributed by atoms with Crippen molar-refractivity contribution in [3.05, 3.63) is 24.8 Å². The van der Waals surface area contributed by atoms with Gasteiger partial charge < -0.3 is 9.53 Å². The van der Waals surface area contributed by atoms with Crippen LogP contribution in [0.2, 0.25) is 0 Å². The molecular formula is C14H23NO3. The number of ether oxygens (including phenoxy) is 1. The number of hydrogen-bond acceptors (Lipinski definition) is 3. The van der Waals surface area contributed by atoms with Crippen LogP contribution in [0.3, 0.4) is 0 Å². The third-order valence-electron chi connectivity index (χ3n) is 2.07. The molecule has 4 heteroatoms. The van der Waals surface area contributed by atoms with E-state index in [0.29, 0.717) is 6.42 Å². The largest absolute Gasteiger partial charge is 0.444 e. The van der Waals surface area contributed by atoms with E-state index in [2.05, 4.69) is 13.2 Å². The Morgan fingerprint density at radius 3 is 2.33 bits per heavy atom. The Morgan fingerprint density at radius 1 is 1.44 bits per heavy atom. The topological polar surface area (TPSA) is 46.6 Å². The lowest BCUT2D eigenvalue weighted by molar-refractivity contribution is -0.112. The molecule has 102 valence electrons. The number of amides is 1. The third kappa shape index (κ3) is 6.23. The maximum absolute atomic E-state index is 12.0. The van der Waals surface area contributed by atoms with Gasteiger partial charge in [-0.15, -0.1) is 13.2 Å². The molecule has 0 rings (SSSR count). The second-order valence-electron chi connectivity index (χ2n) is 5.29. The molecule has 0 bridgehead atoms. The van der Waals surface area contributed by atoms with E-state index in [0.717, 1.165) is 11.9 Å². The highest BCUT2D eigenvalue weighted by Crippen LogP contribution is 2.14. The summed E-state index contributed by atoms with van der Waals surface area (Å²) in [7, 11) is 0. The number of carbonyl (C=O) groups excluding carboxylic acids is 2. The lowest BCUT2D eigenvalue weighted by Crippen LogP contribution is -2.44. The first kappa shape index (κ1) is 16.4. The second kappa shape index (κ2) is 6.99. The molecule has 0 saturated carbocycles. The van der Waals surface area contributed by atoms with Crippen LogP contribution in [-0.4, -0.2) is 35.5 Å². The van der Waals surface area contributed by atoms with Gasteiger partial charge >= 0.3 is 6.09 Å². The Morgan fingerprint density at radius 2 is 2.00 bits per heavy atom. The molecule has 0 heterocycles. The highest BCUT2D eigenvalue weighted by molar-refractivity contribution is 5.74. The maximum atomic E-state index is 12.0. The van der Waals surface area contributed by atoms with E-state index in [9.17, 15) is 9.59 Å². The molecular weight excluding hydrogens is 230 g/mol. The van der Waals surface area contributed by atoms with Gasteiger partial charge in [-0.2, -0.15) is 0 Å². The second-order valence-corrected chi connectivity index (χ2v) is 5.29. The molecule has 0 saturated heterocycles. The van der Waals surface area contributed by atoms with Crippen molar-refractivity contribution in [3.63, 3.8) is 0 Å². The van der Waals surface area contributed by atoms with Crippen molar-refractivity contribution >= 4 is 12.4 Å². The minimum Gasteiger partial charge on any atom is -0.444 e. The Kier molecular flexibility index (Phi) is 6.37. The molecule has 0 aromatic heterocycles. The van der Waals surface area contributed by atoms with Crippen LogP contribution in [0.15, 0.2) is 24.8 Å². The monoisotopic (exact) mass is 253 g/mol. The highest BCUT2D eigenvalue weighted by Gasteiger charge is 2.27. The van der Waals surface area contributed by atoms with Crippen molar-refractivity contribution < 1.29 is 14.3 Å². The molecule has 0 aromatic rings. The van der Waals surface area contributed by atoms with Gasteiger partial charge in [0, 0.05) is 6.54 Å². The van der Waals surface area contributed by atoms with Gasteiger partial charge in [-0.3, -0.25) is 4.90 Å². The van der Waals surface area contributed by atoms with Crippen molar-refractivity contribution in [2.24, 2.45) is 0 Å². The molecule has 1 amide bonds. The van der Waals surface area contributed by atoms with Crippen LogP contribution < -0.4 is 0 Å². The van der Waals surface area contributed by atoms with E-state index in [4.69, 9.17) is 4.74 Å². The SMILES string of the molecule is C=CCN(C(=O)OC(C)(C)C)[C@H](C=O)CC(=C)C. The highest BCUT2D eigenvalue weighted by atomic mass is 16.6. The summed E-state index contributed by atoms with van der Waals surface area (Å²) in [5.41, 5.74) is 0.248. The minimum absolute atomic E-state index is 0.269. The summed E-state index contributed by atoms with van der Waals surface area (Å²) in [5.74, 6) is 0. The van der Waals surface area contributed by atoms with E-state index in [1.54, 1.807) is 26.8 Å². The van der Waals surface area contributed by atoms with E-state index in [1.165, 1.54) is 4.90 Å². The van der Waals surface area contributed by atoms with Crippen LogP contribution in [0.5, 0.6) is 0 Å². The van der Waals surface area contributed by atoms with Gasteiger partial charge in [-0.25, -0.2) is 4.79 Å². The summed E-state index contributed by atoms with van der Waals surface area (Å²) < 4.78 is 5.27. The fraction of sp³-hybridized carbons (Fsp3) is 0.571. The first-order valence-electron chi connectivity index (χ1n) is 5.91. The summed E-state index contributed by atoms with van der Waals surface area (Å²) in [6.45, 7) is 14.8. The van der Waals surface area contributed by atoms with E-state index in [1.807, 2.05) is 6.92 Å². The van der Waals surface area contributed by atoms with Gasteiger partial charge in [0.15, 0.2) is 0 Å². The lowest BCUT2D eigenvalue weighted by atomic mass is 10.1. The van der Waals surface area contributed by atoms with Gasteiger partial charge in [0.25, 0.3) is 0 Å². The Bertz CT molecular complexity index is 328. The van der Waals surface area contributed by atoms with Gasteiger partial charge in [-0.05, 0) is 34.1 Å². The zero-order valence-electron chi connectivity index (χ0n) is 11.7. The number of nitrogens with zero attached hydrogens (tertiary/aromatic N) is 1. The molecule has 0 aliphatic rings. The van der Waals surface area contributed by atoms with Crippen LogP contribution in [0.1, 0.15) is 34.1 Å². The van der Waals surface area contributed by atoms with Crippen molar-refractivity contribution in [3.8, 4) is 0 Å². The zero-order valence-corrected chi connectivity index (χ0v) is 11.7. The molecule has 0 spiro atoms. The lowest BCUT2D eigenvalue weighted by Gasteiger charge is -2.30. The molecule has 0 fully saturated rings. The predicted octanol–water partition coefficient (Wildman–Crippen LogP) is 2.94. The molecule has 0 aromatic carbocycles. The normalized spacial score (nSPS) is 12.4. The number of aldehydes is 1. The van der Waals surface area contributed by atoms with Crippen molar-refractivity contribution in [2.45, 2.75) is 45.8 Å². The van der Waals surface area contributed by atoms with E-state index >= 15 is 0 Å².